The molecule has 1 aromatic carbocycles. The predicted octanol–water partition coefficient (Wildman–Crippen LogP) is 2.31. The summed E-state index contributed by atoms with van der Waals surface area (Å²) in [4.78, 5) is 0. The topological polar surface area (TPSA) is 41.5 Å². The van der Waals surface area contributed by atoms with Crippen LogP contribution < -0.4 is 5.32 Å². The van der Waals surface area contributed by atoms with Crippen molar-refractivity contribution < 1.29 is 9.84 Å². The van der Waals surface area contributed by atoms with Gasteiger partial charge in [0.15, 0.2) is 0 Å². The van der Waals surface area contributed by atoms with Crippen LogP contribution in [-0.4, -0.2) is 24.4 Å². The largest absolute Gasteiger partial charge is 0.508 e. The lowest BCUT2D eigenvalue weighted by Gasteiger charge is -2.12. The van der Waals surface area contributed by atoms with Crippen LogP contribution in [0.3, 0.4) is 0 Å². The Morgan fingerprint density at radius 2 is 2.38 bits per heavy atom. The highest BCUT2D eigenvalue weighted by Crippen LogP contribution is 2.24. The first kappa shape index (κ1) is 11.7. The molecule has 0 spiro atoms. The number of nitrogens with one attached hydrogen (secondary N) is 1. The molecule has 1 aromatic rings. The number of aromatic hydroxyl groups is 1. The number of hydrogen-bond acceptors (Lipinski definition) is 3. The molecule has 0 radical (unpaired) electrons. The van der Waals surface area contributed by atoms with Gasteiger partial charge < -0.3 is 15.2 Å². The van der Waals surface area contributed by atoms with Gasteiger partial charge in [-0.3, -0.25) is 0 Å². The van der Waals surface area contributed by atoms with E-state index in [0.717, 1.165) is 31.6 Å². The van der Waals surface area contributed by atoms with Crippen LogP contribution in [0.2, 0.25) is 5.02 Å². The number of ether oxygens (including phenoxy) is 1. The Labute approximate surface area is 100 Å². The van der Waals surface area contributed by atoms with Gasteiger partial charge in [0.05, 0.1) is 6.10 Å². The van der Waals surface area contributed by atoms with E-state index in [1.165, 1.54) is 0 Å². The van der Waals surface area contributed by atoms with E-state index in [0.29, 0.717) is 17.7 Å². The molecule has 0 bridgehead atoms. The third kappa shape index (κ3) is 2.88. The van der Waals surface area contributed by atoms with Gasteiger partial charge in [0.2, 0.25) is 0 Å². The molecule has 0 saturated carbocycles. The highest BCUT2D eigenvalue weighted by atomic mass is 35.5. The van der Waals surface area contributed by atoms with Crippen molar-refractivity contribution in [3.63, 3.8) is 0 Å². The minimum atomic E-state index is 0.243. The first-order valence-electron chi connectivity index (χ1n) is 5.56. The van der Waals surface area contributed by atoms with Crippen LogP contribution in [0.1, 0.15) is 18.4 Å². The highest BCUT2D eigenvalue weighted by molar-refractivity contribution is 6.31. The molecule has 0 aliphatic carbocycles. The van der Waals surface area contributed by atoms with Gasteiger partial charge in [-0.15, -0.1) is 0 Å². The lowest BCUT2D eigenvalue weighted by Crippen LogP contribution is -2.25. The van der Waals surface area contributed by atoms with Crippen LogP contribution in [0.4, 0.5) is 0 Å². The Morgan fingerprint density at radius 3 is 3.06 bits per heavy atom. The van der Waals surface area contributed by atoms with E-state index in [9.17, 15) is 5.11 Å². The van der Waals surface area contributed by atoms with E-state index in [-0.39, 0.29) is 5.75 Å². The summed E-state index contributed by atoms with van der Waals surface area (Å²) < 4.78 is 5.49. The Kier molecular flexibility index (Phi) is 4.04. The SMILES string of the molecule is Oc1cccc(Cl)c1CNC[C@H]1CCCO1. The molecule has 0 unspecified atom stereocenters. The molecule has 1 heterocycles. The third-order valence-electron chi connectivity index (χ3n) is 2.79. The fraction of sp³-hybridized carbons (Fsp3) is 0.500. The van der Waals surface area contributed by atoms with Crippen molar-refractivity contribution in [3.8, 4) is 5.75 Å². The van der Waals surface area contributed by atoms with Crippen LogP contribution in [0.25, 0.3) is 0 Å². The third-order valence-corrected chi connectivity index (χ3v) is 3.15. The van der Waals surface area contributed by atoms with E-state index in [2.05, 4.69) is 5.32 Å². The van der Waals surface area contributed by atoms with E-state index in [1.807, 2.05) is 0 Å². The van der Waals surface area contributed by atoms with Gasteiger partial charge in [-0.1, -0.05) is 17.7 Å². The van der Waals surface area contributed by atoms with Crippen molar-refractivity contribution in [3.05, 3.63) is 28.8 Å². The smallest absolute Gasteiger partial charge is 0.121 e. The first-order valence-corrected chi connectivity index (χ1v) is 5.94. The molecule has 1 fully saturated rings. The van der Waals surface area contributed by atoms with Crippen LogP contribution in [-0.2, 0) is 11.3 Å². The normalized spacial score (nSPS) is 20.2. The van der Waals surface area contributed by atoms with E-state index >= 15 is 0 Å². The second kappa shape index (κ2) is 5.53. The van der Waals surface area contributed by atoms with Gasteiger partial charge in [0, 0.05) is 30.3 Å². The number of rotatable bonds is 4. The molecule has 16 heavy (non-hydrogen) atoms. The summed E-state index contributed by atoms with van der Waals surface area (Å²) in [6.07, 6.45) is 2.56. The lowest BCUT2D eigenvalue weighted by molar-refractivity contribution is 0.110. The summed E-state index contributed by atoms with van der Waals surface area (Å²) in [5.41, 5.74) is 0.752. The number of halogens is 1. The van der Waals surface area contributed by atoms with Crippen molar-refractivity contribution >= 4 is 11.6 Å². The van der Waals surface area contributed by atoms with Crippen LogP contribution in [0.15, 0.2) is 18.2 Å². The number of benzene rings is 1. The Balaban J connectivity index is 1.84. The first-order chi connectivity index (χ1) is 7.77. The van der Waals surface area contributed by atoms with Gasteiger partial charge >= 0.3 is 0 Å². The minimum Gasteiger partial charge on any atom is -0.508 e. The molecule has 1 aliphatic rings. The Bertz CT molecular complexity index is 331. The van der Waals surface area contributed by atoms with E-state index < -0.39 is 0 Å². The minimum absolute atomic E-state index is 0.243. The van der Waals surface area contributed by atoms with Gasteiger partial charge in [0.1, 0.15) is 5.75 Å². The van der Waals surface area contributed by atoms with Crippen molar-refractivity contribution in [2.75, 3.05) is 13.2 Å². The zero-order valence-corrected chi connectivity index (χ0v) is 9.83. The molecule has 1 atom stereocenters. The lowest BCUT2D eigenvalue weighted by atomic mass is 10.2. The molecule has 0 aromatic heterocycles. The molecular formula is C12H16ClNO2. The summed E-state index contributed by atoms with van der Waals surface area (Å²) in [5.74, 6) is 0.243. The number of phenols is 1. The van der Waals surface area contributed by atoms with Gasteiger partial charge in [-0.05, 0) is 25.0 Å². The van der Waals surface area contributed by atoms with Gasteiger partial charge in [-0.25, -0.2) is 0 Å². The molecule has 2 rings (SSSR count). The second-order valence-corrected chi connectivity index (χ2v) is 4.41. The maximum atomic E-state index is 9.63. The zero-order valence-electron chi connectivity index (χ0n) is 9.08. The molecule has 88 valence electrons. The van der Waals surface area contributed by atoms with Gasteiger partial charge in [0.25, 0.3) is 0 Å². The maximum Gasteiger partial charge on any atom is 0.121 e. The van der Waals surface area contributed by atoms with Crippen molar-refractivity contribution in [1.29, 1.82) is 0 Å². The summed E-state index contributed by atoms with van der Waals surface area (Å²) >= 11 is 5.99. The zero-order chi connectivity index (χ0) is 11.4. The Hall–Kier alpha value is -0.770. The van der Waals surface area contributed by atoms with E-state index in [4.69, 9.17) is 16.3 Å². The number of hydrogen-bond donors (Lipinski definition) is 2. The van der Waals surface area contributed by atoms with E-state index in [1.54, 1.807) is 18.2 Å². The second-order valence-electron chi connectivity index (χ2n) is 4.00. The monoisotopic (exact) mass is 241 g/mol. The summed E-state index contributed by atoms with van der Waals surface area (Å²) in [6.45, 7) is 2.25. The maximum absolute atomic E-state index is 9.63. The molecule has 0 amide bonds. The summed E-state index contributed by atoms with van der Waals surface area (Å²) in [7, 11) is 0. The average molecular weight is 242 g/mol. The molecule has 2 N–H and O–H groups in total. The summed E-state index contributed by atoms with van der Waals surface area (Å²) in [6, 6.07) is 5.17. The fourth-order valence-corrected chi connectivity index (χ4v) is 2.12. The van der Waals surface area contributed by atoms with Crippen LogP contribution >= 0.6 is 11.6 Å². The number of phenolic OH excluding ortho intramolecular Hbond substituents is 1. The molecule has 1 aliphatic heterocycles. The standard InChI is InChI=1S/C12H16ClNO2/c13-11-4-1-5-12(15)10(11)8-14-7-9-3-2-6-16-9/h1,4-5,9,14-15H,2-3,6-8H2/t9-/m1/s1. The molecule has 1 saturated heterocycles. The van der Waals surface area contributed by atoms with Crippen LogP contribution in [0, 0.1) is 0 Å². The van der Waals surface area contributed by atoms with Crippen molar-refractivity contribution in [2.24, 2.45) is 0 Å². The summed E-state index contributed by atoms with van der Waals surface area (Å²) in [5, 5.41) is 13.5. The van der Waals surface area contributed by atoms with Crippen molar-refractivity contribution in [2.45, 2.75) is 25.5 Å². The highest BCUT2D eigenvalue weighted by Gasteiger charge is 2.15. The molecule has 3 nitrogen and oxygen atoms in total. The predicted molar refractivity (Wildman–Crippen MR) is 63.8 cm³/mol. The van der Waals surface area contributed by atoms with Crippen LogP contribution in [0.5, 0.6) is 5.75 Å². The quantitative estimate of drug-likeness (QED) is 0.850. The molecular weight excluding hydrogens is 226 g/mol. The van der Waals surface area contributed by atoms with Gasteiger partial charge in [-0.2, -0.15) is 0 Å². The average Bonchev–Trinajstić information content (AvgIpc) is 2.75. The molecule has 4 heteroatoms. The Morgan fingerprint density at radius 1 is 1.50 bits per heavy atom. The fourth-order valence-electron chi connectivity index (χ4n) is 1.89. The van der Waals surface area contributed by atoms with Crippen molar-refractivity contribution in [1.82, 2.24) is 5.32 Å².